The van der Waals surface area contributed by atoms with E-state index in [4.69, 9.17) is 4.74 Å². The average Bonchev–Trinajstić information content (AvgIpc) is 3.17. The molecule has 36 heavy (non-hydrogen) atoms. The molecule has 3 atom stereocenters. The molecule has 0 spiro atoms. The third-order valence-corrected chi connectivity index (χ3v) is 8.25. The molecule has 7 heteroatoms. The molecule has 180 valence electrons. The molecule has 3 aliphatic carbocycles. The van der Waals surface area contributed by atoms with Gasteiger partial charge >= 0.3 is 5.97 Å². The van der Waals surface area contributed by atoms with Crippen LogP contribution >= 0.6 is 15.9 Å². The number of ether oxygens (including phenoxy) is 1. The maximum Gasteiger partial charge on any atom is 0.329 e. The number of esters is 1. The second kappa shape index (κ2) is 8.52. The van der Waals surface area contributed by atoms with Crippen LogP contribution in [0.25, 0.3) is 0 Å². The Kier molecular flexibility index (Phi) is 5.41. The van der Waals surface area contributed by atoms with E-state index in [1.165, 1.54) is 6.92 Å². The van der Waals surface area contributed by atoms with E-state index in [0.717, 1.165) is 31.6 Å². The van der Waals surface area contributed by atoms with Crippen molar-refractivity contribution in [2.75, 3.05) is 6.61 Å². The molecule has 4 aliphatic rings. The molecule has 1 fully saturated rings. The van der Waals surface area contributed by atoms with Gasteiger partial charge in [-0.15, -0.1) is 0 Å². The second-order valence-corrected chi connectivity index (χ2v) is 10.4. The first kappa shape index (κ1) is 22.9. The van der Waals surface area contributed by atoms with Crippen molar-refractivity contribution < 1.29 is 23.9 Å². The highest BCUT2D eigenvalue weighted by molar-refractivity contribution is 9.10. The summed E-state index contributed by atoms with van der Waals surface area (Å²) in [5.74, 6) is -3.45. The summed E-state index contributed by atoms with van der Waals surface area (Å²) in [6.07, 6.45) is 0. The third kappa shape index (κ3) is 3.29. The summed E-state index contributed by atoms with van der Waals surface area (Å²) in [5, 5.41) is 0. The van der Waals surface area contributed by atoms with Gasteiger partial charge in [0.15, 0.2) is 12.4 Å². The summed E-state index contributed by atoms with van der Waals surface area (Å²) in [5.41, 5.74) is 4.69. The number of benzene rings is 3. The topological polar surface area (TPSA) is 80.8 Å². The zero-order chi connectivity index (χ0) is 25.1. The normalized spacial score (nSPS) is 24.1. The van der Waals surface area contributed by atoms with Crippen LogP contribution in [0.2, 0.25) is 0 Å². The molecule has 1 heterocycles. The number of carbonyl (C=O) groups is 4. The Balaban J connectivity index is 1.26. The van der Waals surface area contributed by atoms with Gasteiger partial charge in [-0.1, -0.05) is 76.6 Å². The van der Waals surface area contributed by atoms with E-state index < -0.39 is 30.5 Å². The Labute approximate surface area is 216 Å². The fraction of sp³-hybridized carbons (Fsp3) is 0.241. The van der Waals surface area contributed by atoms with Crippen molar-refractivity contribution in [3.05, 3.63) is 105 Å². The summed E-state index contributed by atoms with van der Waals surface area (Å²) in [6, 6.07) is 21.6. The van der Waals surface area contributed by atoms with Gasteiger partial charge in [0, 0.05) is 21.9 Å². The number of nitrogens with zero attached hydrogens (tertiary/aromatic N) is 1. The van der Waals surface area contributed by atoms with E-state index in [9.17, 15) is 19.2 Å². The zero-order valence-corrected chi connectivity index (χ0v) is 21.0. The lowest BCUT2D eigenvalue weighted by Gasteiger charge is -2.45. The number of carbonyl (C=O) groups excluding carboxylic acids is 4. The van der Waals surface area contributed by atoms with E-state index >= 15 is 0 Å². The van der Waals surface area contributed by atoms with Gasteiger partial charge in [0.2, 0.25) is 11.8 Å². The van der Waals surface area contributed by atoms with Crippen LogP contribution in [-0.2, 0) is 19.1 Å². The molecular weight excluding hydrogens is 522 g/mol. The summed E-state index contributed by atoms with van der Waals surface area (Å²) in [4.78, 5) is 53.9. The fourth-order valence-electron chi connectivity index (χ4n) is 6.16. The van der Waals surface area contributed by atoms with Crippen LogP contribution < -0.4 is 0 Å². The summed E-state index contributed by atoms with van der Waals surface area (Å²) >= 11 is 3.32. The standard InChI is InChI=1S/C29H22BrNO5/c1-15(29(35)36-14-22(32)16-10-12-17(30)13-11-16)31-27(33)25-23-18-6-2-3-7-19(18)24(26(25)28(31)34)21-9-5-4-8-20(21)23/h2-13,15,23-26H,14H2,1H3/t15-,23?,24?,25-,26+/m1/s1. The number of amides is 2. The minimum atomic E-state index is -1.13. The Bertz CT molecular complexity index is 1320. The third-order valence-electron chi connectivity index (χ3n) is 7.72. The van der Waals surface area contributed by atoms with Crippen LogP contribution in [-0.4, -0.2) is 41.1 Å². The van der Waals surface area contributed by atoms with Crippen LogP contribution in [0.3, 0.4) is 0 Å². The van der Waals surface area contributed by atoms with Gasteiger partial charge in [0.1, 0.15) is 6.04 Å². The number of hydrogen-bond acceptors (Lipinski definition) is 5. The molecule has 2 amide bonds. The van der Waals surface area contributed by atoms with Crippen molar-refractivity contribution in [3.8, 4) is 0 Å². The van der Waals surface area contributed by atoms with Crippen molar-refractivity contribution in [1.29, 1.82) is 0 Å². The molecule has 6 nitrogen and oxygen atoms in total. The molecule has 2 bridgehead atoms. The van der Waals surface area contributed by atoms with E-state index in [0.29, 0.717) is 5.56 Å². The van der Waals surface area contributed by atoms with Crippen molar-refractivity contribution in [1.82, 2.24) is 4.90 Å². The summed E-state index contributed by atoms with van der Waals surface area (Å²) in [6.45, 7) is 1.03. The van der Waals surface area contributed by atoms with Gasteiger partial charge in [0.25, 0.3) is 0 Å². The molecular formula is C29H22BrNO5. The van der Waals surface area contributed by atoms with Crippen LogP contribution in [0, 0.1) is 11.8 Å². The molecule has 7 rings (SSSR count). The summed E-state index contributed by atoms with van der Waals surface area (Å²) in [7, 11) is 0. The molecule has 0 unspecified atom stereocenters. The number of ketones is 1. The van der Waals surface area contributed by atoms with E-state index in [1.54, 1.807) is 24.3 Å². The van der Waals surface area contributed by atoms with Crippen molar-refractivity contribution in [3.63, 3.8) is 0 Å². The van der Waals surface area contributed by atoms with Gasteiger partial charge in [-0.2, -0.15) is 0 Å². The number of hydrogen-bond donors (Lipinski definition) is 0. The quantitative estimate of drug-likeness (QED) is 0.269. The number of Topliss-reactive ketones (excluding diaryl/α,β-unsaturated/α-hetero) is 1. The average molecular weight is 544 g/mol. The smallest absolute Gasteiger partial charge is 0.329 e. The highest BCUT2D eigenvalue weighted by atomic mass is 79.9. The molecule has 0 N–H and O–H groups in total. The summed E-state index contributed by atoms with van der Waals surface area (Å²) < 4.78 is 6.09. The monoisotopic (exact) mass is 543 g/mol. The van der Waals surface area contributed by atoms with Gasteiger partial charge < -0.3 is 4.74 Å². The number of rotatable bonds is 5. The number of likely N-dealkylation sites (tertiary alicyclic amines) is 1. The van der Waals surface area contributed by atoms with E-state index in [1.807, 2.05) is 48.5 Å². The van der Waals surface area contributed by atoms with Crippen LogP contribution in [0.4, 0.5) is 0 Å². The van der Waals surface area contributed by atoms with Crippen molar-refractivity contribution in [2.45, 2.75) is 24.8 Å². The Morgan fingerprint density at radius 1 is 0.806 bits per heavy atom. The first-order valence-electron chi connectivity index (χ1n) is 11.9. The number of halogens is 1. The predicted molar refractivity (Wildman–Crippen MR) is 134 cm³/mol. The molecule has 1 saturated heterocycles. The van der Waals surface area contributed by atoms with Gasteiger partial charge in [-0.3, -0.25) is 19.3 Å². The van der Waals surface area contributed by atoms with Crippen LogP contribution in [0.5, 0.6) is 0 Å². The Hall–Kier alpha value is -3.58. The van der Waals surface area contributed by atoms with Gasteiger partial charge in [-0.25, -0.2) is 4.79 Å². The van der Waals surface area contributed by atoms with Gasteiger partial charge in [0.05, 0.1) is 11.8 Å². The highest BCUT2D eigenvalue weighted by Crippen LogP contribution is 2.61. The van der Waals surface area contributed by atoms with Crippen molar-refractivity contribution in [2.24, 2.45) is 11.8 Å². The lowest BCUT2D eigenvalue weighted by Crippen LogP contribution is -2.45. The molecule has 0 radical (unpaired) electrons. The minimum absolute atomic E-state index is 0.240. The van der Waals surface area contributed by atoms with Gasteiger partial charge in [-0.05, 0) is 41.3 Å². The molecule has 1 aliphatic heterocycles. The van der Waals surface area contributed by atoms with Crippen molar-refractivity contribution >= 4 is 39.5 Å². The van der Waals surface area contributed by atoms with Crippen LogP contribution in [0.1, 0.15) is 51.4 Å². The lowest BCUT2D eigenvalue weighted by atomic mass is 9.55. The molecule has 3 aromatic carbocycles. The SMILES string of the molecule is C[C@H](C(=O)OCC(=O)c1ccc(Br)cc1)N1C(=O)[C@@H]2C3c4ccccc4C(c4ccccc43)[C@@H]2C1=O. The molecule has 0 saturated carbocycles. The largest absolute Gasteiger partial charge is 0.456 e. The second-order valence-electron chi connectivity index (χ2n) is 9.52. The first-order valence-corrected chi connectivity index (χ1v) is 12.7. The maximum atomic E-state index is 13.7. The Morgan fingerprint density at radius 2 is 1.25 bits per heavy atom. The minimum Gasteiger partial charge on any atom is -0.456 e. The zero-order valence-electron chi connectivity index (χ0n) is 19.4. The predicted octanol–water partition coefficient (Wildman–Crippen LogP) is 4.46. The number of imide groups is 1. The molecule has 3 aromatic rings. The highest BCUT2D eigenvalue weighted by Gasteiger charge is 2.62. The van der Waals surface area contributed by atoms with E-state index in [-0.39, 0.29) is 29.4 Å². The molecule has 0 aromatic heterocycles. The van der Waals surface area contributed by atoms with Crippen LogP contribution in [0.15, 0.2) is 77.3 Å². The first-order chi connectivity index (χ1) is 17.4. The maximum absolute atomic E-state index is 13.7. The fourth-order valence-corrected chi connectivity index (χ4v) is 6.43. The Morgan fingerprint density at radius 3 is 1.69 bits per heavy atom. The lowest BCUT2D eigenvalue weighted by molar-refractivity contribution is -0.157. The van der Waals surface area contributed by atoms with E-state index in [2.05, 4.69) is 15.9 Å².